The molecule has 0 aliphatic carbocycles. The van der Waals surface area contributed by atoms with Gasteiger partial charge in [0, 0.05) is 13.0 Å². The Morgan fingerprint density at radius 3 is 2.69 bits per heavy atom. The van der Waals surface area contributed by atoms with Crippen LogP contribution in [0.3, 0.4) is 0 Å². The van der Waals surface area contributed by atoms with E-state index in [4.69, 9.17) is 4.74 Å². The number of rotatable bonds is 7. The molecule has 2 N–H and O–H groups in total. The van der Waals surface area contributed by atoms with E-state index in [1.54, 1.807) is 31.4 Å². The number of nitrogens with one attached hydrogen (secondary N) is 2. The number of thiazole rings is 1. The van der Waals surface area contributed by atoms with E-state index in [9.17, 15) is 13.2 Å². The second-order valence-corrected chi connectivity index (χ2v) is 8.16. The molecule has 7 nitrogen and oxygen atoms in total. The zero-order chi connectivity index (χ0) is 18.6. The number of sulfonamides is 1. The normalized spacial score (nSPS) is 11.4. The zero-order valence-electron chi connectivity index (χ0n) is 13.9. The van der Waals surface area contributed by atoms with Crippen molar-refractivity contribution in [2.24, 2.45) is 0 Å². The summed E-state index contributed by atoms with van der Waals surface area (Å²) in [6, 6.07) is 13.5. The predicted molar refractivity (Wildman–Crippen MR) is 101 cm³/mol. The Bertz CT molecular complexity index is 1020. The van der Waals surface area contributed by atoms with Gasteiger partial charge in [-0.3, -0.25) is 4.79 Å². The molecule has 3 rings (SSSR count). The maximum Gasteiger partial charge on any atom is 0.240 e. The number of carbonyl (C=O) groups excluding carboxylic acids is 1. The highest BCUT2D eigenvalue weighted by atomic mass is 32.2. The third-order valence-electron chi connectivity index (χ3n) is 3.54. The lowest BCUT2D eigenvalue weighted by molar-refractivity contribution is -0.116. The lowest BCUT2D eigenvalue weighted by atomic mass is 10.3. The largest absolute Gasteiger partial charge is 0.497 e. The third kappa shape index (κ3) is 4.37. The highest BCUT2D eigenvalue weighted by Gasteiger charge is 2.14. The molecule has 1 amide bonds. The number of hydrogen-bond acceptors (Lipinski definition) is 6. The fourth-order valence-electron chi connectivity index (χ4n) is 2.25. The van der Waals surface area contributed by atoms with E-state index in [0.717, 1.165) is 10.2 Å². The van der Waals surface area contributed by atoms with Gasteiger partial charge in [-0.15, -0.1) is 0 Å². The van der Waals surface area contributed by atoms with E-state index in [0.29, 0.717) is 10.9 Å². The number of hydrogen-bond donors (Lipinski definition) is 2. The molecule has 2 aromatic carbocycles. The standard InChI is InChI=1S/C17H17N3O4S2/c1-24-12-7-8-14-15(11-12)25-17(19-14)20-16(21)9-10-18-26(22,23)13-5-3-2-4-6-13/h2-8,11,18H,9-10H2,1H3,(H,19,20,21). The molecule has 0 saturated heterocycles. The molecular weight excluding hydrogens is 374 g/mol. The molecule has 0 spiro atoms. The number of anilines is 1. The quantitative estimate of drug-likeness (QED) is 0.645. The molecule has 0 atom stereocenters. The molecule has 0 bridgehead atoms. The Kier molecular flexibility index (Phi) is 5.50. The van der Waals surface area contributed by atoms with E-state index >= 15 is 0 Å². The Morgan fingerprint density at radius 2 is 1.96 bits per heavy atom. The van der Waals surface area contributed by atoms with Gasteiger partial charge >= 0.3 is 0 Å². The van der Waals surface area contributed by atoms with Crippen LogP contribution in [0.5, 0.6) is 5.75 Å². The maximum absolute atomic E-state index is 12.1. The second-order valence-electron chi connectivity index (χ2n) is 5.36. The van der Waals surface area contributed by atoms with Crippen LogP contribution >= 0.6 is 11.3 Å². The van der Waals surface area contributed by atoms with Crippen LogP contribution in [0.4, 0.5) is 5.13 Å². The van der Waals surface area contributed by atoms with Gasteiger partial charge in [-0.1, -0.05) is 29.5 Å². The molecule has 0 radical (unpaired) electrons. The fourth-order valence-corrected chi connectivity index (χ4v) is 4.21. The number of methoxy groups -OCH3 is 1. The summed E-state index contributed by atoms with van der Waals surface area (Å²) in [5.74, 6) is 0.404. The first-order valence-electron chi connectivity index (χ1n) is 7.77. The monoisotopic (exact) mass is 391 g/mol. The van der Waals surface area contributed by atoms with Crippen LogP contribution in [0.1, 0.15) is 6.42 Å². The number of fused-ring (bicyclic) bond motifs is 1. The Hall–Kier alpha value is -2.49. The second kappa shape index (κ2) is 7.81. The van der Waals surface area contributed by atoms with Gasteiger partial charge in [-0.2, -0.15) is 0 Å². The fraction of sp³-hybridized carbons (Fsp3) is 0.176. The van der Waals surface area contributed by atoms with Gasteiger partial charge in [0.25, 0.3) is 0 Å². The first-order chi connectivity index (χ1) is 12.5. The molecule has 0 fully saturated rings. The molecule has 136 valence electrons. The van der Waals surface area contributed by atoms with Crippen molar-refractivity contribution >= 4 is 42.6 Å². The van der Waals surface area contributed by atoms with Gasteiger partial charge in [-0.05, 0) is 30.3 Å². The van der Waals surface area contributed by atoms with Crippen molar-refractivity contribution in [2.45, 2.75) is 11.3 Å². The van der Waals surface area contributed by atoms with E-state index < -0.39 is 10.0 Å². The van der Waals surface area contributed by atoms with E-state index in [-0.39, 0.29) is 23.8 Å². The Morgan fingerprint density at radius 1 is 1.19 bits per heavy atom. The molecule has 0 aliphatic heterocycles. The van der Waals surface area contributed by atoms with Crippen LogP contribution in [-0.2, 0) is 14.8 Å². The number of carbonyl (C=O) groups is 1. The smallest absolute Gasteiger partial charge is 0.240 e. The average Bonchev–Trinajstić information content (AvgIpc) is 3.03. The minimum atomic E-state index is -3.61. The van der Waals surface area contributed by atoms with Crippen LogP contribution in [-0.4, -0.2) is 33.0 Å². The number of amides is 1. The summed E-state index contributed by atoms with van der Waals surface area (Å²) in [5, 5.41) is 3.15. The third-order valence-corrected chi connectivity index (χ3v) is 5.95. The van der Waals surface area contributed by atoms with Gasteiger partial charge in [-0.25, -0.2) is 18.1 Å². The van der Waals surface area contributed by atoms with Crippen LogP contribution < -0.4 is 14.8 Å². The molecule has 1 aromatic heterocycles. The van der Waals surface area contributed by atoms with E-state index in [1.807, 2.05) is 12.1 Å². The average molecular weight is 391 g/mol. The van der Waals surface area contributed by atoms with Gasteiger partial charge in [0.2, 0.25) is 15.9 Å². The number of aromatic nitrogens is 1. The van der Waals surface area contributed by atoms with Gasteiger partial charge < -0.3 is 10.1 Å². The lowest BCUT2D eigenvalue weighted by Crippen LogP contribution is -2.27. The molecule has 26 heavy (non-hydrogen) atoms. The molecule has 0 saturated carbocycles. The molecule has 3 aromatic rings. The lowest BCUT2D eigenvalue weighted by Gasteiger charge is -2.06. The highest BCUT2D eigenvalue weighted by Crippen LogP contribution is 2.29. The van der Waals surface area contributed by atoms with Crippen LogP contribution in [0.2, 0.25) is 0 Å². The first-order valence-corrected chi connectivity index (χ1v) is 10.1. The summed E-state index contributed by atoms with van der Waals surface area (Å²) in [7, 11) is -2.03. The number of benzene rings is 2. The number of ether oxygens (including phenoxy) is 1. The predicted octanol–water partition coefficient (Wildman–Crippen LogP) is 2.61. The molecular formula is C17H17N3O4S2. The van der Waals surface area contributed by atoms with Crippen molar-refractivity contribution < 1.29 is 17.9 Å². The van der Waals surface area contributed by atoms with Crippen LogP contribution in [0.25, 0.3) is 10.2 Å². The Balaban J connectivity index is 1.56. The minimum Gasteiger partial charge on any atom is -0.497 e. The van der Waals surface area contributed by atoms with E-state index in [1.165, 1.54) is 23.5 Å². The van der Waals surface area contributed by atoms with Gasteiger partial charge in [0.1, 0.15) is 5.75 Å². The highest BCUT2D eigenvalue weighted by molar-refractivity contribution is 7.89. The molecule has 9 heteroatoms. The van der Waals surface area contributed by atoms with Crippen molar-refractivity contribution in [3.63, 3.8) is 0 Å². The van der Waals surface area contributed by atoms with Crippen LogP contribution in [0, 0.1) is 0 Å². The number of nitrogens with zero attached hydrogens (tertiary/aromatic N) is 1. The maximum atomic E-state index is 12.1. The Labute approximate surface area is 155 Å². The van der Waals surface area contributed by atoms with Gasteiger partial charge in [0.05, 0.1) is 22.2 Å². The summed E-state index contributed by atoms with van der Waals surface area (Å²) in [6.45, 7) is 0.00176. The van der Waals surface area contributed by atoms with Crippen molar-refractivity contribution in [2.75, 3.05) is 19.0 Å². The van der Waals surface area contributed by atoms with Crippen molar-refractivity contribution in [1.29, 1.82) is 0 Å². The summed E-state index contributed by atoms with van der Waals surface area (Å²) in [5.41, 5.74) is 0.760. The summed E-state index contributed by atoms with van der Waals surface area (Å²) >= 11 is 1.33. The first kappa shape index (κ1) is 18.3. The van der Waals surface area contributed by atoms with Gasteiger partial charge in [0.15, 0.2) is 5.13 Å². The SMILES string of the molecule is COc1ccc2nc(NC(=O)CCNS(=O)(=O)c3ccccc3)sc2c1. The topological polar surface area (TPSA) is 97.4 Å². The van der Waals surface area contributed by atoms with E-state index in [2.05, 4.69) is 15.0 Å². The summed E-state index contributed by atoms with van der Waals surface area (Å²) < 4.78 is 32.6. The molecule has 0 aliphatic rings. The molecule has 1 heterocycles. The minimum absolute atomic E-state index is 0.00176. The van der Waals surface area contributed by atoms with Crippen molar-refractivity contribution in [1.82, 2.24) is 9.71 Å². The van der Waals surface area contributed by atoms with Crippen LogP contribution in [0.15, 0.2) is 53.4 Å². The summed E-state index contributed by atoms with van der Waals surface area (Å²) in [6.07, 6.45) is 0.00527. The van der Waals surface area contributed by atoms with Crippen molar-refractivity contribution in [3.8, 4) is 5.75 Å². The zero-order valence-corrected chi connectivity index (χ0v) is 15.6. The molecule has 0 unspecified atom stereocenters. The van der Waals surface area contributed by atoms with Crippen molar-refractivity contribution in [3.05, 3.63) is 48.5 Å². The summed E-state index contributed by atoms with van der Waals surface area (Å²) in [4.78, 5) is 16.5.